The molecule has 0 bridgehead atoms. The second-order valence-electron chi connectivity index (χ2n) is 6.93. The van der Waals surface area contributed by atoms with E-state index in [9.17, 15) is 10.1 Å². The number of amides is 1. The third-order valence-electron chi connectivity index (χ3n) is 4.97. The van der Waals surface area contributed by atoms with E-state index in [4.69, 9.17) is 9.47 Å². The van der Waals surface area contributed by atoms with Crippen LogP contribution in [0, 0.1) is 25.2 Å². The number of hydrogen-bond donors (Lipinski definition) is 1. The number of nitrogens with one attached hydrogen (secondary N) is 1. The highest BCUT2D eigenvalue weighted by Crippen LogP contribution is 2.27. The van der Waals surface area contributed by atoms with E-state index in [-0.39, 0.29) is 12.5 Å². The minimum atomic E-state index is -0.166. The zero-order chi connectivity index (χ0) is 21.2. The average molecular weight is 399 g/mol. The Hall–Kier alpha value is -2.66. The highest BCUT2D eigenvalue weighted by Gasteiger charge is 2.20. The predicted octanol–water partition coefficient (Wildman–Crippen LogP) is 2.56. The Morgan fingerprint density at radius 2 is 1.76 bits per heavy atom. The fraction of sp³-hybridized carbons (Fsp3) is 0.455. The molecule has 0 saturated heterocycles. The summed E-state index contributed by atoms with van der Waals surface area (Å²) in [6, 6.07) is 12.2. The number of nitrogens with zero attached hydrogens (tertiary/aromatic N) is 3. The molecule has 29 heavy (non-hydrogen) atoms. The predicted molar refractivity (Wildman–Crippen MR) is 113 cm³/mol. The summed E-state index contributed by atoms with van der Waals surface area (Å²) in [6.45, 7) is 6.98. The summed E-state index contributed by atoms with van der Waals surface area (Å²) in [6.07, 6.45) is 0. The lowest BCUT2D eigenvalue weighted by Gasteiger charge is -2.21. The van der Waals surface area contributed by atoms with Gasteiger partial charge in [0.2, 0.25) is 5.91 Å². The summed E-state index contributed by atoms with van der Waals surface area (Å²) in [4.78, 5) is 14.8. The number of carbonyl (C=O) groups excluding carboxylic acids is 1. The van der Waals surface area contributed by atoms with E-state index in [2.05, 4.69) is 11.4 Å². The van der Waals surface area contributed by atoms with Gasteiger partial charge in [-0.15, -0.1) is 0 Å². The minimum absolute atomic E-state index is 0.166. The standard InChI is InChI=1S/C22H30N4O3/c1-17-18(2)26(15-19-8-6-5-7-9-19)22(20(17)14-23)24-21(27)16-25(10-12-28-3)11-13-29-4/h5-9H,10-13,15-16H2,1-4H3,(H,24,27). The summed E-state index contributed by atoms with van der Waals surface area (Å²) < 4.78 is 12.3. The molecule has 1 N–H and O–H groups in total. The van der Waals surface area contributed by atoms with E-state index in [1.54, 1.807) is 14.2 Å². The van der Waals surface area contributed by atoms with Crippen LogP contribution in [-0.4, -0.2) is 62.4 Å². The maximum absolute atomic E-state index is 12.8. The molecule has 2 rings (SSSR count). The molecule has 0 atom stereocenters. The van der Waals surface area contributed by atoms with Crippen LogP contribution in [0.25, 0.3) is 0 Å². The van der Waals surface area contributed by atoms with Crippen molar-refractivity contribution in [3.05, 3.63) is 52.7 Å². The number of anilines is 1. The zero-order valence-corrected chi connectivity index (χ0v) is 17.7. The highest BCUT2D eigenvalue weighted by molar-refractivity contribution is 5.93. The van der Waals surface area contributed by atoms with Crippen LogP contribution in [0.3, 0.4) is 0 Å². The van der Waals surface area contributed by atoms with Crippen molar-refractivity contribution in [2.75, 3.05) is 52.4 Å². The van der Waals surface area contributed by atoms with Gasteiger partial charge in [-0.25, -0.2) is 0 Å². The molecule has 0 fully saturated rings. The molecule has 0 aliphatic rings. The molecule has 7 heteroatoms. The number of hydrogen-bond acceptors (Lipinski definition) is 5. The van der Waals surface area contributed by atoms with Crippen LogP contribution in [0.15, 0.2) is 30.3 Å². The van der Waals surface area contributed by atoms with Crippen LogP contribution >= 0.6 is 0 Å². The van der Waals surface area contributed by atoms with Crippen molar-refractivity contribution in [1.82, 2.24) is 9.47 Å². The largest absolute Gasteiger partial charge is 0.383 e. The molecule has 156 valence electrons. The molecule has 0 unspecified atom stereocenters. The van der Waals surface area contributed by atoms with Gasteiger partial charge in [-0.1, -0.05) is 30.3 Å². The van der Waals surface area contributed by atoms with Gasteiger partial charge in [0, 0.05) is 39.5 Å². The van der Waals surface area contributed by atoms with E-state index in [0.717, 1.165) is 16.8 Å². The molecule has 1 amide bonds. The molecule has 0 aliphatic carbocycles. The van der Waals surface area contributed by atoms with Crippen LogP contribution in [0.2, 0.25) is 0 Å². The second-order valence-corrected chi connectivity index (χ2v) is 6.93. The molecule has 7 nitrogen and oxygen atoms in total. The first-order valence-corrected chi connectivity index (χ1v) is 9.65. The molecule has 2 aromatic rings. The monoisotopic (exact) mass is 398 g/mol. The first-order chi connectivity index (χ1) is 14.0. The quantitative estimate of drug-likeness (QED) is 0.629. The molecule has 0 saturated carbocycles. The molecule has 1 aromatic heterocycles. The van der Waals surface area contributed by atoms with Gasteiger partial charge in [-0.3, -0.25) is 9.69 Å². The Morgan fingerprint density at radius 3 is 2.31 bits per heavy atom. The smallest absolute Gasteiger partial charge is 0.239 e. The van der Waals surface area contributed by atoms with Crippen molar-refractivity contribution in [2.45, 2.75) is 20.4 Å². The lowest BCUT2D eigenvalue weighted by molar-refractivity contribution is -0.117. The summed E-state index contributed by atoms with van der Waals surface area (Å²) in [5.74, 6) is 0.385. The molecular formula is C22H30N4O3. The number of carbonyl (C=O) groups is 1. The normalized spacial score (nSPS) is 10.9. The van der Waals surface area contributed by atoms with E-state index in [1.807, 2.05) is 53.6 Å². The van der Waals surface area contributed by atoms with Crippen molar-refractivity contribution in [2.24, 2.45) is 0 Å². The van der Waals surface area contributed by atoms with Gasteiger partial charge in [-0.2, -0.15) is 5.26 Å². The number of benzene rings is 1. The lowest BCUT2D eigenvalue weighted by Crippen LogP contribution is -2.38. The molecule has 1 aromatic carbocycles. The van der Waals surface area contributed by atoms with Crippen LogP contribution in [0.4, 0.5) is 5.82 Å². The second kappa shape index (κ2) is 11.4. The van der Waals surface area contributed by atoms with Gasteiger partial charge in [0.25, 0.3) is 0 Å². The molecule has 0 radical (unpaired) electrons. The third kappa shape index (κ3) is 6.16. The minimum Gasteiger partial charge on any atom is -0.383 e. The average Bonchev–Trinajstić information content (AvgIpc) is 2.94. The van der Waals surface area contributed by atoms with Gasteiger partial charge in [0.15, 0.2) is 0 Å². The lowest BCUT2D eigenvalue weighted by atomic mass is 10.2. The summed E-state index contributed by atoms with van der Waals surface area (Å²) in [7, 11) is 3.27. The van der Waals surface area contributed by atoms with Crippen molar-refractivity contribution >= 4 is 11.7 Å². The molecule has 0 aliphatic heterocycles. The topological polar surface area (TPSA) is 79.5 Å². The van der Waals surface area contributed by atoms with Crippen molar-refractivity contribution < 1.29 is 14.3 Å². The fourth-order valence-corrected chi connectivity index (χ4v) is 3.18. The number of nitriles is 1. The van der Waals surface area contributed by atoms with Crippen LogP contribution < -0.4 is 5.32 Å². The third-order valence-corrected chi connectivity index (χ3v) is 4.97. The van der Waals surface area contributed by atoms with Crippen LogP contribution in [0.1, 0.15) is 22.4 Å². The number of methoxy groups -OCH3 is 2. The van der Waals surface area contributed by atoms with Crippen LogP contribution in [-0.2, 0) is 20.8 Å². The fourth-order valence-electron chi connectivity index (χ4n) is 3.18. The van der Waals surface area contributed by atoms with Crippen molar-refractivity contribution in [3.8, 4) is 6.07 Å². The Morgan fingerprint density at radius 1 is 1.14 bits per heavy atom. The summed E-state index contributed by atoms with van der Waals surface area (Å²) >= 11 is 0. The van der Waals surface area contributed by atoms with Gasteiger partial charge >= 0.3 is 0 Å². The summed E-state index contributed by atoms with van der Waals surface area (Å²) in [5.41, 5.74) is 3.46. The van der Waals surface area contributed by atoms with E-state index >= 15 is 0 Å². The summed E-state index contributed by atoms with van der Waals surface area (Å²) in [5, 5.41) is 12.6. The Bertz CT molecular complexity index is 832. The Balaban J connectivity index is 2.22. The maximum Gasteiger partial charge on any atom is 0.239 e. The van der Waals surface area contributed by atoms with Crippen molar-refractivity contribution in [1.29, 1.82) is 5.26 Å². The van der Waals surface area contributed by atoms with Gasteiger partial charge < -0.3 is 19.4 Å². The first-order valence-electron chi connectivity index (χ1n) is 9.65. The molecule has 1 heterocycles. The number of ether oxygens (including phenoxy) is 2. The van der Waals surface area contributed by atoms with E-state index < -0.39 is 0 Å². The van der Waals surface area contributed by atoms with Gasteiger partial charge in [0.1, 0.15) is 11.9 Å². The van der Waals surface area contributed by atoms with E-state index in [0.29, 0.717) is 44.2 Å². The van der Waals surface area contributed by atoms with Gasteiger partial charge in [-0.05, 0) is 25.0 Å². The van der Waals surface area contributed by atoms with E-state index in [1.165, 1.54) is 0 Å². The van der Waals surface area contributed by atoms with Crippen LogP contribution in [0.5, 0.6) is 0 Å². The Kier molecular flexibility index (Phi) is 8.87. The Labute approximate surface area is 172 Å². The zero-order valence-electron chi connectivity index (χ0n) is 17.7. The first kappa shape index (κ1) is 22.6. The number of rotatable bonds is 11. The van der Waals surface area contributed by atoms with Crippen molar-refractivity contribution in [3.63, 3.8) is 0 Å². The van der Waals surface area contributed by atoms with Gasteiger partial charge in [0.05, 0.1) is 25.3 Å². The molecule has 0 spiro atoms. The maximum atomic E-state index is 12.8. The number of aromatic nitrogens is 1. The molecular weight excluding hydrogens is 368 g/mol. The SMILES string of the molecule is COCCN(CCOC)CC(=O)Nc1c(C#N)c(C)c(C)n1Cc1ccccc1. The highest BCUT2D eigenvalue weighted by atomic mass is 16.5.